The molecule has 1 aromatic carbocycles. The molecule has 1 saturated heterocycles. The van der Waals surface area contributed by atoms with Crippen LogP contribution in [0.4, 0.5) is 5.82 Å². The van der Waals surface area contributed by atoms with Gasteiger partial charge in [0.05, 0.1) is 18.7 Å². The molecule has 1 fully saturated rings. The van der Waals surface area contributed by atoms with Gasteiger partial charge >= 0.3 is 5.97 Å². The van der Waals surface area contributed by atoms with Crippen molar-refractivity contribution < 1.29 is 14.3 Å². The summed E-state index contributed by atoms with van der Waals surface area (Å²) in [6.07, 6.45) is 1.67. The number of hydrogen-bond donors (Lipinski definition) is 1. The number of carbonyl (C=O) groups excluding carboxylic acids is 1. The van der Waals surface area contributed by atoms with Gasteiger partial charge in [0.25, 0.3) is 0 Å². The Bertz CT molecular complexity index is 661. The molecule has 6 heteroatoms. The number of methoxy groups -OCH3 is 1. The molecule has 2 aromatic rings. The number of rotatable bonds is 3. The van der Waals surface area contributed by atoms with Crippen molar-refractivity contribution >= 4 is 11.8 Å². The first-order valence-electron chi connectivity index (χ1n) is 7.32. The number of ether oxygens (including phenoxy) is 2. The van der Waals surface area contributed by atoms with Crippen molar-refractivity contribution in [3.63, 3.8) is 0 Å². The van der Waals surface area contributed by atoms with Crippen molar-refractivity contribution in [3.05, 3.63) is 36.0 Å². The van der Waals surface area contributed by atoms with Crippen molar-refractivity contribution in [2.24, 2.45) is 0 Å². The number of anilines is 1. The van der Waals surface area contributed by atoms with Gasteiger partial charge in [-0.15, -0.1) is 0 Å². The van der Waals surface area contributed by atoms with Crippen LogP contribution in [-0.4, -0.2) is 36.1 Å². The zero-order valence-electron chi connectivity index (χ0n) is 12.5. The Hall–Kier alpha value is -2.34. The average molecular weight is 301 g/mol. The van der Waals surface area contributed by atoms with E-state index in [9.17, 15) is 4.79 Å². The number of nitrogen functional groups attached to an aromatic ring is 1. The van der Waals surface area contributed by atoms with E-state index in [2.05, 4.69) is 5.10 Å². The maximum absolute atomic E-state index is 12.1. The first kappa shape index (κ1) is 14.6. The van der Waals surface area contributed by atoms with Crippen LogP contribution < -0.4 is 5.73 Å². The first-order chi connectivity index (χ1) is 10.7. The molecule has 2 N–H and O–H groups in total. The molecule has 22 heavy (non-hydrogen) atoms. The number of nitrogens with zero attached hydrogens (tertiary/aromatic N) is 2. The molecular formula is C16H19N3O3. The van der Waals surface area contributed by atoms with Gasteiger partial charge < -0.3 is 15.2 Å². The van der Waals surface area contributed by atoms with Crippen molar-refractivity contribution in [1.82, 2.24) is 9.78 Å². The molecule has 0 aliphatic carbocycles. The minimum atomic E-state index is -0.476. The summed E-state index contributed by atoms with van der Waals surface area (Å²) in [6, 6.07) is 9.70. The zero-order valence-corrected chi connectivity index (χ0v) is 12.5. The predicted octanol–water partition coefficient (Wildman–Crippen LogP) is 2.27. The quantitative estimate of drug-likeness (QED) is 0.880. The van der Waals surface area contributed by atoms with Crippen LogP contribution in [0.5, 0.6) is 0 Å². The van der Waals surface area contributed by atoms with Gasteiger partial charge in [-0.2, -0.15) is 5.10 Å². The fourth-order valence-electron chi connectivity index (χ4n) is 2.78. The van der Waals surface area contributed by atoms with Crippen LogP contribution >= 0.6 is 0 Å². The molecule has 0 amide bonds. The van der Waals surface area contributed by atoms with Crippen LogP contribution in [0.1, 0.15) is 29.4 Å². The molecule has 0 radical (unpaired) electrons. The highest BCUT2D eigenvalue weighted by Crippen LogP contribution is 2.34. The van der Waals surface area contributed by atoms with E-state index in [1.165, 1.54) is 7.11 Å². The van der Waals surface area contributed by atoms with Crippen LogP contribution in [0.25, 0.3) is 11.1 Å². The molecule has 0 atom stereocenters. The summed E-state index contributed by atoms with van der Waals surface area (Å²) in [6.45, 7) is 1.36. The molecule has 0 unspecified atom stereocenters. The molecule has 3 rings (SSSR count). The van der Waals surface area contributed by atoms with E-state index in [4.69, 9.17) is 15.2 Å². The minimum absolute atomic E-state index is 0.148. The third-order valence-corrected chi connectivity index (χ3v) is 3.93. The summed E-state index contributed by atoms with van der Waals surface area (Å²) in [5.74, 6) is 0.0230. The maximum Gasteiger partial charge on any atom is 0.359 e. The Balaban J connectivity index is 2.10. The summed E-state index contributed by atoms with van der Waals surface area (Å²) < 4.78 is 12.0. The highest BCUT2D eigenvalue weighted by atomic mass is 16.5. The third kappa shape index (κ3) is 2.57. The maximum atomic E-state index is 12.1. The fourth-order valence-corrected chi connectivity index (χ4v) is 2.78. The molecule has 0 saturated carbocycles. The van der Waals surface area contributed by atoms with E-state index in [0.29, 0.717) is 24.6 Å². The zero-order chi connectivity index (χ0) is 15.5. The molecule has 1 aliphatic heterocycles. The number of benzene rings is 1. The summed E-state index contributed by atoms with van der Waals surface area (Å²) in [4.78, 5) is 12.1. The van der Waals surface area contributed by atoms with Gasteiger partial charge in [0, 0.05) is 13.2 Å². The Morgan fingerprint density at radius 2 is 2.00 bits per heavy atom. The number of aromatic nitrogens is 2. The Morgan fingerprint density at radius 1 is 1.32 bits per heavy atom. The van der Waals surface area contributed by atoms with Crippen molar-refractivity contribution in [1.29, 1.82) is 0 Å². The summed E-state index contributed by atoms with van der Waals surface area (Å²) in [5, 5.41) is 4.44. The number of hydrogen-bond acceptors (Lipinski definition) is 5. The normalized spacial score (nSPS) is 15.7. The van der Waals surface area contributed by atoms with Crippen LogP contribution in [0.2, 0.25) is 0 Å². The summed E-state index contributed by atoms with van der Waals surface area (Å²) >= 11 is 0. The van der Waals surface area contributed by atoms with E-state index in [0.717, 1.165) is 18.4 Å². The number of nitrogens with two attached hydrogens (primary N) is 1. The first-order valence-corrected chi connectivity index (χ1v) is 7.32. The van der Waals surface area contributed by atoms with Gasteiger partial charge in [0.2, 0.25) is 0 Å². The van der Waals surface area contributed by atoms with E-state index in [1.54, 1.807) is 4.68 Å². The topological polar surface area (TPSA) is 79.4 Å². The minimum Gasteiger partial charge on any atom is -0.464 e. The van der Waals surface area contributed by atoms with Crippen LogP contribution in [-0.2, 0) is 9.47 Å². The molecule has 1 aromatic heterocycles. The third-order valence-electron chi connectivity index (χ3n) is 3.93. The Kier molecular flexibility index (Phi) is 4.11. The highest BCUT2D eigenvalue weighted by Gasteiger charge is 2.27. The fraction of sp³-hybridized carbons (Fsp3) is 0.375. The molecule has 0 bridgehead atoms. The van der Waals surface area contributed by atoms with E-state index >= 15 is 0 Å². The molecule has 0 spiro atoms. The molecule has 6 nitrogen and oxygen atoms in total. The molecule has 1 aliphatic rings. The summed E-state index contributed by atoms with van der Waals surface area (Å²) in [5.41, 5.74) is 8.07. The van der Waals surface area contributed by atoms with E-state index in [1.807, 2.05) is 30.3 Å². The highest BCUT2D eigenvalue weighted by molar-refractivity contribution is 5.98. The van der Waals surface area contributed by atoms with Crippen molar-refractivity contribution in [2.75, 3.05) is 26.1 Å². The second kappa shape index (κ2) is 6.19. The van der Waals surface area contributed by atoms with E-state index in [-0.39, 0.29) is 11.7 Å². The summed E-state index contributed by atoms with van der Waals surface area (Å²) in [7, 11) is 1.35. The average Bonchev–Trinajstić information content (AvgIpc) is 2.93. The molecular weight excluding hydrogens is 282 g/mol. The van der Waals surface area contributed by atoms with Gasteiger partial charge in [0.15, 0.2) is 5.69 Å². The Morgan fingerprint density at radius 3 is 2.64 bits per heavy atom. The van der Waals surface area contributed by atoms with Crippen LogP contribution in [0.3, 0.4) is 0 Å². The van der Waals surface area contributed by atoms with E-state index < -0.39 is 5.97 Å². The Labute approximate surface area is 128 Å². The van der Waals surface area contributed by atoms with Crippen molar-refractivity contribution in [3.8, 4) is 11.1 Å². The van der Waals surface area contributed by atoms with Crippen LogP contribution in [0.15, 0.2) is 30.3 Å². The van der Waals surface area contributed by atoms with Gasteiger partial charge in [-0.25, -0.2) is 9.48 Å². The van der Waals surface area contributed by atoms with Crippen LogP contribution in [0, 0.1) is 0 Å². The lowest BCUT2D eigenvalue weighted by Gasteiger charge is -2.23. The smallest absolute Gasteiger partial charge is 0.359 e. The molecule has 2 heterocycles. The lowest BCUT2D eigenvalue weighted by Crippen LogP contribution is -2.22. The van der Waals surface area contributed by atoms with Gasteiger partial charge in [-0.1, -0.05) is 30.3 Å². The number of carbonyl (C=O) groups is 1. The lowest BCUT2D eigenvalue weighted by molar-refractivity contribution is 0.0584. The van der Waals surface area contributed by atoms with Gasteiger partial charge in [-0.05, 0) is 18.4 Å². The van der Waals surface area contributed by atoms with Gasteiger partial charge in [-0.3, -0.25) is 0 Å². The van der Waals surface area contributed by atoms with Crippen molar-refractivity contribution in [2.45, 2.75) is 18.9 Å². The second-order valence-corrected chi connectivity index (χ2v) is 5.25. The molecule has 116 valence electrons. The predicted molar refractivity (Wildman–Crippen MR) is 82.5 cm³/mol. The second-order valence-electron chi connectivity index (χ2n) is 5.25. The largest absolute Gasteiger partial charge is 0.464 e. The van der Waals surface area contributed by atoms with Gasteiger partial charge in [0.1, 0.15) is 5.82 Å². The monoisotopic (exact) mass is 301 g/mol. The lowest BCUT2D eigenvalue weighted by atomic mass is 10.0. The number of esters is 1. The standard InChI is InChI=1S/C16H19N3O3/c1-21-16(20)14-13(11-5-3-2-4-6-11)15(17)19(18-14)12-7-9-22-10-8-12/h2-6,12H,7-10,17H2,1H3. The SMILES string of the molecule is COC(=O)c1nn(C2CCOCC2)c(N)c1-c1ccccc1.